The number of aromatic nitrogens is 4. The minimum Gasteiger partial charge on any atom is -0.309 e. The highest BCUT2D eigenvalue weighted by Crippen LogP contribution is 2.39. The third-order valence-corrected chi connectivity index (χ3v) is 9.72. The molecule has 234 valence electrons. The van der Waals surface area contributed by atoms with Crippen molar-refractivity contribution in [1.29, 1.82) is 0 Å². The molecule has 0 saturated carbocycles. The van der Waals surface area contributed by atoms with Crippen LogP contribution in [-0.4, -0.2) is 19.1 Å². The van der Waals surface area contributed by atoms with Gasteiger partial charge in [0.15, 0.2) is 5.82 Å². The van der Waals surface area contributed by atoms with Gasteiger partial charge < -0.3 is 4.57 Å². The number of para-hydroxylation sites is 4. The average molecular weight is 639 g/mol. The maximum atomic E-state index is 5.36. The Labute approximate surface area is 289 Å². The average Bonchev–Trinajstić information content (AvgIpc) is 3.71. The number of nitrogens with zero attached hydrogens (tertiary/aromatic N) is 4. The van der Waals surface area contributed by atoms with Crippen LogP contribution in [0.3, 0.4) is 0 Å². The van der Waals surface area contributed by atoms with Crippen LogP contribution in [0.25, 0.3) is 88.9 Å². The zero-order valence-electron chi connectivity index (χ0n) is 27.1. The molecule has 0 spiro atoms. The molecule has 0 radical (unpaired) electrons. The van der Waals surface area contributed by atoms with Gasteiger partial charge in [-0.15, -0.1) is 0 Å². The summed E-state index contributed by atoms with van der Waals surface area (Å²) in [5, 5.41) is 4.65. The van der Waals surface area contributed by atoms with E-state index in [1.165, 1.54) is 21.8 Å². The van der Waals surface area contributed by atoms with Crippen molar-refractivity contribution < 1.29 is 0 Å². The molecule has 4 heteroatoms. The Bertz CT molecular complexity index is 2850. The van der Waals surface area contributed by atoms with E-state index >= 15 is 0 Å². The van der Waals surface area contributed by atoms with Crippen LogP contribution in [0.1, 0.15) is 0 Å². The van der Waals surface area contributed by atoms with Gasteiger partial charge in [-0.25, -0.2) is 9.97 Å². The second-order valence-electron chi connectivity index (χ2n) is 12.6. The summed E-state index contributed by atoms with van der Waals surface area (Å²) < 4.78 is 4.62. The van der Waals surface area contributed by atoms with E-state index in [4.69, 9.17) is 9.97 Å². The smallest absolute Gasteiger partial charge is 0.162 e. The summed E-state index contributed by atoms with van der Waals surface area (Å²) in [5.74, 6) is 0.694. The quantitative estimate of drug-likeness (QED) is 0.188. The van der Waals surface area contributed by atoms with Crippen LogP contribution >= 0.6 is 0 Å². The predicted octanol–water partition coefficient (Wildman–Crippen LogP) is 11.7. The molecule has 0 aliphatic carbocycles. The molecule has 4 nitrogen and oxygen atoms in total. The van der Waals surface area contributed by atoms with E-state index in [2.05, 4.69) is 185 Å². The largest absolute Gasteiger partial charge is 0.309 e. The summed E-state index contributed by atoms with van der Waals surface area (Å²) in [6.45, 7) is 0. The molecule has 3 heterocycles. The lowest BCUT2D eigenvalue weighted by Gasteiger charge is -2.11. The third kappa shape index (κ3) is 4.46. The number of benzene rings is 7. The molecule has 3 aromatic heterocycles. The monoisotopic (exact) mass is 638 g/mol. The highest BCUT2D eigenvalue weighted by atomic mass is 15.1. The van der Waals surface area contributed by atoms with Crippen LogP contribution in [-0.2, 0) is 0 Å². The van der Waals surface area contributed by atoms with E-state index < -0.39 is 0 Å². The lowest BCUT2D eigenvalue weighted by Crippen LogP contribution is -1.99. The normalized spacial score (nSPS) is 11.6. The van der Waals surface area contributed by atoms with E-state index in [0.29, 0.717) is 5.82 Å². The standard InChI is InChI=1S/C46H30N4/c1-4-15-31(16-5-1)44-43-38-24-11-13-26-41(38)50(36-21-8-3-9-22-36)46(43)48-45(47-44)34-18-14-17-32(29-34)33-27-28-42-39(30-33)37-23-10-12-25-40(37)49(42)35-19-6-2-7-20-35/h1-30H. The van der Waals surface area contributed by atoms with Crippen LogP contribution in [0.4, 0.5) is 0 Å². The molecule has 10 rings (SSSR count). The molecule has 7 aromatic carbocycles. The molecule has 0 aliphatic heterocycles. The fraction of sp³-hybridized carbons (Fsp3) is 0. The van der Waals surface area contributed by atoms with Gasteiger partial charge in [-0.1, -0.05) is 127 Å². The fourth-order valence-corrected chi connectivity index (χ4v) is 7.47. The van der Waals surface area contributed by atoms with E-state index in [1.807, 2.05) is 6.07 Å². The van der Waals surface area contributed by atoms with E-state index in [9.17, 15) is 0 Å². The van der Waals surface area contributed by atoms with Crippen molar-refractivity contribution in [2.24, 2.45) is 0 Å². The van der Waals surface area contributed by atoms with Gasteiger partial charge in [0.05, 0.1) is 27.6 Å². The number of fused-ring (bicyclic) bond motifs is 6. The summed E-state index contributed by atoms with van der Waals surface area (Å²) in [5.41, 5.74) is 11.8. The molecule has 0 unspecified atom stereocenters. The molecule has 0 saturated heterocycles. The van der Waals surface area contributed by atoms with Crippen molar-refractivity contribution in [3.63, 3.8) is 0 Å². The van der Waals surface area contributed by atoms with Crippen LogP contribution in [0.5, 0.6) is 0 Å². The second-order valence-corrected chi connectivity index (χ2v) is 12.6. The molecule has 0 bridgehead atoms. The Morgan fingerprint density at radius 1 is 0.340 bits per heavy atom. The zero-order valence-corrected chi connectivity index (χ0v) is 27.1. The number of hydrogen-bond acceptors (Lipinski definition) is 2. The van der Waals surface area contributed by atoms with Gasteiger partial charge in [0, 0.05) is 38.7 Å². The minimum absolute atomic E-state index is 0.694. The van der Waals surface area contributed by atoms with Gasteiger partial charge in [0.1, 0.15) is 5.65 Å². The third-order valence-electron chi connectivity index (χ3n) is 9.72. The predicted molar refractivity (Wildman–Crippen MR) is 207 cm³/mol. The summed E-state index contributed by atoms with van der Waals surface area (Å²) in [6.07, 6.45) is 0. The van der Waals surface area contributed by atoms with E-state index in [-0.39, 0.29) is 0 Å². The molecule has 0 N–H and O–H groups in total. The van der Waals surface area contributed by atoms with Gasteiger partial charge in [-0.2, -0.15) is 0 Å². The lowest BCUT2D eigenvalue weighted by atomic mass is 10.00. The van der Waals surface area contributed by atoms with Crippen molar-refractivity contribution in [2.75, 3.05) is 0 Å². The summed E-state index contributed by atoms with van der Waals surface area (Å²) >= 11 is 0. The van der Waals surface area contributed by atoms with Crippen molar-refractivity contribution in [1.82, 2.24) is 19.1 Å². The van der Waals surface area contributed by atoms with Crippen molar-refractivity contribution in [2.45, 2.75) is 0 Å². The van der Waals surface area contributed by atoms with Gasteiger partial charge in [0.25, 0.3) is 0 Å². The Balaban J connectivity index is 1.18. The van der Waals surface area contributed by atoms with Crippen LogP contribution in [0.2, 0.25) is 0 Å². The maximum absolute atomic E-state index is 5.36. The molecule has 10 aromatic rings. The van der Waals surface area contributed by atoms with E-state index in [0.717, 1.165) is 61.3 Å². The fourth-order valence-electron chi connectivity index (χ4n) is 7.47. The lowest BCUT2D eigenvalue weighted by molar-refractivity contribution is 1.11. The summed E-state index contributed by atoms with van der Waals surface area (Å²) in [4.78, 5) is 10.7. The molecular formula is C46H30N4. The molecular weight excluding hydrogens is 609 g/mol. The number of rotatable bonds is 5. The minimum atomic E-state index is 0.694. The molecule has 0 fully saturated rings. The Morgan fingerprint density at radius 2 is 0.880 bits per heavy atom. The summed E-state index contributed by atoms with van der Waals surface area (Å²) in [6, 6.07) is 64.2. The molecule has 0 atom stereocenters. The molecule has 0 amide bonds. The van der Waals surface area contributed by atoms with Gasteiger partial charge >= 0.3 is 0 Å². The maximum Gasteiger partial charge on any atom is 0.162 e. The first-order valence-electron chi connectivity index (χ1n) is 16.9. The highest BCUT2D eigenvalue weighted by Gasteiger charge is 2.21. The van der Waals surface area contributed by atoms with Gasteiger partial charge in [-0.05, 0) is 65.7 Å². The summed E-state index contributed by atoms with van der Waals surface area (Å²) in [7, 11) is 0. The van der Waals surface area contributed by atoms with Crippen molar-refractivity contribution in [3.05, 3.63) is 182 Å². The van der Waals surface area contributed by atoms with Crippen LogP contribution in [0, 0.1) is 0 Å². The van der Waals surface area contributed by atoms with Gasteiger partial charge in [-0.3, -0.25) is 4.57 Å². The topological polar surface area (TPSA) is 35.6 Å². The SMILES string of the molecule is c1ccc(-c2nc(-c3cccc(-c4ccc5c(c4)c4ccccc4n5-c4ccccc4)c3)nc3c2c2ccccc2n3-c2ccccc2)cc1. The van der Waals surface area contributed by atoms with Crippen molar-refractivity contribution in [3.8, 4) is 45.1 Å². The van der Waals surface area contributed by atoms with E-state index in [1.54, 1.807) is 0 Å². The second kappa shape index (κ2) is 11.4. The van der Waals surface area contributed by atoms with Crippen molar-refractivity contribution >= 4 is 43.7 Å². The first kappa shape index (κ1) is 28.3. The van der Waals surface area contributed by atoms with Crippen LogP contribution in [0.15, 0.2) is 182 Å². The highest BCUT2D eigenvalue weighted by molar-refractivity contribution is 6.14. The molecule has 0 aliphatic rings. The Kier molecular flexibility index (Phi) is 6.46. The molecule has 50 heavy (non-hydrogen) atoms. The zero-order chi connectivity index (χ0) is 33.0. The first-order chi connectivity index (χ1) is 24.8. The number of hydrogen-bond donors (Lipinski definition) is 0. The van der Waals surface area contributed by atoms with Gasteiger partial charge in [0.2, 0.25) is 0 Å². The first-order valence-corrected chi connectivity index (χ1v) is 16.9. The Hall–Kier alpha value is -6.78. The Morgan fingerprint density at radius 3 is 1.62 bits per heavy atom. The van der Waals surface area contributed by atoms with Crippen LogP contribution < -0.4 is 0 Å².